The average Bonchev–Trinajstić information content (AvgIpc) is 2.52. The number of rotatable bonds is 5. The van der Waals surface area contributed by atoms with Crippen LogP contribution in [0.5, 0.6) is 0 Å². The molecule has 0 radical (unpaired) electrons. The van der Waals surface area contributed by atoms with Gasteiger partial charge in [0.25, 0.3) is 0 Å². The molecule has 0 bridgehead atoms. The Morgan fingerprint density at radius 2 is 2.19 bits per heavy atom. The summed E-state index contributed by atoms with van der Waals surface area (Å²) in [6, 6.07) is -0.591. The molecule has 0 aromatic rings. The molecule has 5 nitrogen and oxygen atoms in total. The molecule has 0 spiro atoms. The molecule has 0 aromatic heterocycles. The van der Waals surface area contributed by atoms with E-state index in [0.29, 0.717) is 26.2 Å². The first-order valence-electron chi connectivity index (χ1n) is 5.57. The first kappa shape index (κ1) is 13.0. The minimum atomic E-state index is -0.591. The fourth-order valence-corrected chi connectivity index (χ4v) is 1.89. The maximum atomic E-state index is 11.7. The summed E-state index contributed by atoms with van der Waals surface area (Å²) in [7, 11) is 0. The second-order valence-electron chi connectivity index (χ2n) is 4.22. The number of carbonyl (C=O) groups is 2. The minimum absolute atomic E-state index is 0.125. The Bertz CT molecular complexity index is 279. The van der Waals surface area contributed by atoms with Gasteiger partial charge >= 0.3 is 5.97 Å². The van der Waals surface area contributed by atoms with Crippen molar-refractivity contribution in [3.8, 4) is 0 Å². The highest BCUT2D eigenvalue weighted by molar-refractivity contribution is 5.89. The van der Waals surface area contributed by atoms with Crippen LogP contribution in [0.4, 0.5) is 0 Å². The Balaban J connectivity index is 2.72. The Hall–Kier alpha value is -1.10. The fourth-order valence-electron chi connectivity index (χ4n) is 1.89. The zero-order valence-electron chi connectivity index (χ0n) is 10.0. The zero-order chi connectivity index (χ0) is 12.2. The highest BCUT2D eigenvalue weighted by Crippen LogP contribution is 2.32. The van der Waals surface area contributed by atoms with Gasteiger partial charge in [0.2, 0.25) is 5.91 Å². The standard InChI is InChI=1S/C11H19NO4/c1-4-15-7-11(3)6-8(13)12-9(11)10(14)16-5-2/h9H,4-7H2,1-3H3,(H,12,13). The summed E-state index contributed by atoms with van der Waals surface area (Å²) < 4.78 is 10.3. The van der Waals surface area contributed by atoms with Gasteiger partial charge in [0, 0.05) is 18.4 Å². The van der Waals surface area contributed by atoms with E-state index in [1.807, 2.05) is 13.8 Å². The highest BCUT2D eigenvalue weighted by Gasteiger charge is 2.48. The Labute approximate surface area is 95.5 Å². The van der Waals surface area contributed by atoms with Crippen molar-refractivity contribution >= 4 is 11.9 Å². The van der Waals surface area contributed by atoms with E-state index < -0.39 is 11.5 Å². The molecule has 92 valence electrons. The topological polar surface area (TPSA) is 64.6 Å². The Kier molecular flexibility index (Phi) is 4.29. The average molecular weight is 229 g/mol. The normalized spacial score (nSPS) is 28.9. The van der Waals surface area contributed by atoms with Gasteiger partial charge < -0.3 is 14.8 Å². The predicted octanol–water partition coefficient (Wildman–Crippen LogP) is 0.481. The van der Waals surface area contributed by atoms with Crippen LogP contribution in [0, 0.1) is 5.41 Å². The number of carbonyl (C=O) groups excluding carboxylic acids is 2. The summed E-state index contributed by atoms with van der Waals surface area (Å²) in [4.78, 5) is 23.0. The summed E-state index contributed by atoms with van der Waals surface area (Å²) in [5.41, 5.74) is -0.501. The quantitative estimate of drug-likeness (QED) is 0.696. The molecule has 1 amide bonds. The molecule has 0 aliphatic carbocycles. The van der Waals surface area contributed by atoms with Crippen molar-refractivity contribution in [3.05, 3.63) is 0 Å². The molecule has 0 aromatic carbocycles. The van der Waals surface area contributed by atoms with E-state index in [-0.39, 0.29) is 11.9 Å². The maximum absolute atomic E-state index is 11.7. The van der Waals surface area contributed by atoms with Crippen molar-refractivity contribution in [1.82, 2.24) is 5.32 Å². The van der Waals surface area contributed by atoms with Crippen molar-refractivity contribution in [2.45, 2.75) is 33.2 Å². The highest BCUT2D eigenvalue weighted by atomic mass is 16.5. The molecule has 1 saturated heterocycles. The van der Waals surface area contributed by atoms with Gasteiger partial charge in [-0.2, -0.15) is 0 Å². The SMILES string of the molecule is CCOCC1(C)CC(=O)NC1C(=O)OCC. The van der Waals surface area contributed by atoms with Gasteiger partial charge in [0.15, 0.2) is 0 Å². The van der Waals surface area contributed by atoms with Crippen molar-refractivity contribution < 1.29 is 19.1 Å². The van der Waals surface area contributed by atoms with Crippen LogP contribution in [0.3, 0.4) is 0 Å². The number of esters is 1. The van der Waals surface area contributed by atoms with Gasteiger partial charge in [0.1, 0.15) is 6.04 Å². The molecule has 1 aliphatic heterocycles. The molecule has 1 fully saturated rings. The molecule has 1 N–H and O–H groups in total. The number of amides is 1. The Morgan fingerprint density at radius 1 is 1.50 bits per heavy atom. The van der Waals surface area contributed by atoms with E-state index in [4.69, 9.17) is 9.47 Å². The third-order valence-corrected chi connectivity index (χ3v) is 2.72. The lowest BCUT2D eigenvalue weighted by Crippen LogP contribution is -2.45. The molecule has 1 aliphatic rings. The van der Waals surface area contributed by atoms with Crippen LogP contribution in [-0.2, 0) is 19.1 Å². The number of hydrogen-bond donors (Lipinski definition) is 1. The van der Waals surface area contributed by atoms with E-state index in [9.17, 15) is 9.59 Å². The largest absolute Gasteiger partial charge is 0.464 e. The van der Waals surface area contributed by atoms with Crippen molar-refractivity contribution in [3.63, 3.8) is 0 Å². The van der Waals surface area contributed by atoms with Gasteiger partial charge in [-0.1, -0.05) is 6.92 Å². The maximum Gasteiger partial charge on any atom is 0.329 e. The van der Waals surface area contributed by atoms with E-state index in [2.05, 4.69) is 5.32 Å². The van der Waals surface area contributed by atoms with Crippen molar-refractivity contribution in [1.29, 1.82) is 0 Å². The lowest BCUT2D eigenvalue weighted by Gasteiger charge is -2.27. The monoisotopic (exact) mass is 229 g/mol. The summed E-state index contributed by atoms with van der Waals surface area (Å²) in [6.45, 7) is 6.75. The number of hydrogen-bond acceptors (Lipinski definition) is 4. The van der Waals surface area contributed by atoms with E-state index in [1.54, 1.807) is 6.92 Å². The van der Waals surface area contributed by atoms with Gasteiger partial charge in [-0.15, -0.1) is 0 Å². The first-order chi connectivity index (χ1) is 7.53. The lowest BCUT2D eigenvalue weighted by molar-refractivity contribution is -0.149. The molecular formula is C11H19NO4. The number of nitrogens with one attached hydrogen (secondary N) is 1. The molecule has 1 heterocycles. The molecule has 0 saturated carbocycles. The van der Waals surface area contributed by atoms with E-state index in [1.165, 1.54) is 0 Å². The zero-order valence-corrected chi connectivity index (χ0v) is 10.0. The molecule has 2 unspecified atom stereocenters. The minimum Gasteiger partial charge on any atom is -0.464 e. The second kappa shape index (κ2) is 5.30. The number of ether oxygens (including phenoxy) is 2. The van der Waals surface area contributed by atoms with Crippen LogP contribution in [0.25, 0.3) is 0 Å². The van der Waals surface area contributed by atoms with Gasteiger partial charge in [-0.25, -0.2) is 4.79 Å². The first-order valence-corrected chi connectivity index (χ1v) is 5.57. The smallest absolute Gasteiger partial charge is 0.329 e. The molecule has 16 heavy (non-hydrogen) atoms. The summed E-state index contributed by atoms with van der Waals surface area (Å²) >= 11 is 0. The van der Waals surface area contributed by atoms with Crippen molar-refractivity contribution in [2.75, 3.05) is 19.8 Å². The van der Waals surface area contributed by atoms with E-state index in [0.717, 1.165) is 0 Å². The van der Waals surface area contributed by atoms with Crippen LogP contribution in [0.15, 0.2) is 0 Å². The van der Waals surface area contributed by atoms with Crippen LogP contribution in [-0.4, -0.2) is 37.7 Å². The summed E-state index contributed by atoms with van der Waals surface area (Å²) in [5, 5.41) is 2.64. The van der Waals surface area contributed by atoms with Gasteiger partial charge in [-0.05, 0) is 13.8 Å². The predicted molar refractivity (Wildman–Crippen MR) is 57.8 cm³/mol. The lowest BCUT2D eigenvalue weighted by atomic mass is 9.83. The fraction of sp³-hybridized carbons (Fsp3) is 0.818. The van der Waals surface area contributed by atoms with Crippen LogP contribution in [0.2, 0.25) is 0 Å². The third-order valence-electron chi connectivity index (χ3n) is 2.72. The van der Waals surface area contributed by atoms with Crippen molar-refractivity contribution in [2.24, 2.45) is 5.41 Å². The molecule has 5 heteroatoms. The second-order valence-corrected chi connectivity index (χ2v) is 4.22. The molecule has 1 rings (SSSR count). The summed E-state index contributed by atoms with van der Waals surface area (Å²) in [6.07, 6.45) is 0.302. The van der Waals surface area contributed by atoms with Gasteiger partial charge in [-0.3, -0.25) is 4.79 Å². The summed E-state index contributed by atoms with van der Waals surface area (Å²) in [5.74, 6) is -0.504. The van der Waals surface area contributed by atoms with Crippen LogP contribution >= 0.6 is 0 Å². The van der Waals surface area contributed by atoms with Crippen LogP contribution in [0.1, 0.15) is 27.2 Å². The van der Waals surface area contributed by atoms with Crippen LogP contribution < -0.4 is 5.32 Å². The molecular weight excluding hydrogens is 210 g/mol. The van der Waals surface area contributed by atoms with Gasteiger partial charge in [0.05, 0.1) is 13.2 Å². The Morgan fingerprint density at radius 3 is 2.75 bits per heavy atom. The molecule has 2 atom stereocenters. The third kappa shape index (κ3) is 2.72. The van der Waals surface area contributed by atoms with E-state index >= 15 is 0 Å².